The average molecular weight is 252 g/mol. The van der Waals surface area contributed by atoms with Crippen LogP contribution in [0.5, 0.6) is 0 Å². The molecule has 0 aromatic carbocycles. The van der Waals surface area contributed by atoms with E-state index in [0.29, 0.717) is 19.3 Å². The molecule has 0 bridgehead atoms. The van der Waals surface area contributed by atoms with E-state index in [4.69, 9.17) is 5.11 Å². The molecule has 0 rings (SSSR count). The Morgan fingerprint density at radius 2 is 1.39 bits per heavy atom. The van der Waals surface area contributed by atoms with E-state index in [2.05, 4.69) is 11.8 Å². The van der Waals surface area contributed by atoms with Crippen LogP contribution in [0.15, 0.2) is 0 Å². The maximum Gasteiger partial charge on any atom is 0.303 e. The Morgan fingerprint density at radius 3 is 2.00 bits per heavy atom. The summed E-state index contributed by atoms with van der Waals surface area (Å²) in [5.41, 5.74) is 0. The smallest absolute Gasteiger partial charge is 0.303 e. The number of hydrogen-bond acceptors (Lipinski definition) is 2. The van der Waals surface area contributed by atoms with Crippen molar-refractivity contribution >= 4 is 11.8 Å². The van der Waals surface area contributed by atoms with Gasteiger partial charge < -0.3 is 5.11 Å². The molecule has 102 valence electrons. The van der Waals surface area contributed by atoms with E-state index in [9.17, 15) is 9.59 Å². The quantitative estimate of drug-likeness (QED) is 0.477. The molecule has 0 saturated carbocycles. The molecule has 0 aliphatic rings. The minimum Gasteiger partial charge on any atom is -0.481 e. The maximum absolute atomic E-state index is 10.6. The van der Waals surface area contributed by atoms with Gasteiger partial charge in [-0.25, -0.2) is 0 Å². The lowest BCUT2D eigenvalue weighted by atomic mass is 10.1. The Hall–Kier alpha value is -1.30. The Kier molecular flexibility index (Phi) is 11.3. The second-order valence-corrected chi connectivity index (χ2v) is 4.57. The van der Waals surface area contributed by atoms with E-state index < -0.39 is 5.97 Å². The zero-order chi connectivity index (χ0) is 13.6. The number of carbonyl (C=O) groups excluding carboxylic acids is 1. The van der Waals surface area contributed by atoms with Gasteiger partial charge in [-0.05, 0) is 19.8 Å². The molecular formula is C15H24O3. The van der Waals surface area contributed by atoms with Crippen LogP contribution in [-0.4, -0.2) is 16.9 Å². The number of Topliss-reactive ketones (excluding diaryl/α,β-unsaturated/α-hetero) is 1. The van der Waals surface area contributed by atoms with Gasteiger partial charge in [0.05, 0.1) is 0 Å². The Bertz CT molecular complexity index is 297. The molecule has 3 heteroatoms. The SMILES string of the molecule is CC(=O)CCC#CCCCCCCCCC(=O)O. The van der Waals surface area contributed by atoms with E-state index in [1.807, 2.05) is 0 Å². The Morgan fingerprint density at radius 1 is 0.833 bits per heavy atom. The van der Waals surface area contributed by atoms with E-state index in [0.717, 1.165) is 44.9 Å². The van der Waals surface area contributed by atoms with Crippen LogP contribution < -0.4 is 0 Å². The van der Waals surface area contributed by atoms with E-state index in [-0.39, 0.29) is 5.78 Å². The predicted molar refractivity (Wildman–Crippen MR) is 72.3 cm³/mol. The molecule has 0 aliphatic carbocycles. The van der Waals surface area contributed by atoms with E-state index >= 15 is 0 Å². The van der Waals surface area contributed by atoms with E-state index in [1.54, 1.807) is 6.92 Å². The van der Waals surface area contributed by atoms with Crippen LogP contribution in [0.25, 0.3) is 0 Å². The van der Waals surface area contributed by atoms with Crippen molar-refractivity contribution in [3.8, 4) is 11.8 Å². The fraction of sp³-hybridized carbons (Fsp3) is 0.733. The predicted octanol–water partition coefficient (Wildman–Crippen LogP) is 3.56. The highest BCUT2D eigenvalue weighted by Crippen LogP contribution is 2.08. The Balaban J connectivity index is 3.16. The molecule has 0 aliphatic heterocycles. The molecule has 0 aromatic heterocycles. The Labute approximate surface area is 110 Å². The van der Waals surface area contributed by atoms with Crippen molar-refractivity contribution in [3.63, 3.8) is 0 Å². The third-order valence-corrected chi connectivity index (χ3v) is 2.67. The molecule has 0 spiro atoms. The second-order valence-electron chi connectivity index (χ2n) is 4.57. The summed E-state index contributed by atoms with van der Waals surface area (Å²) >= 11 is 0. The van der Waals surface area contributed by atoms with Gasteiger partial charge in [-0.3, -0.25) is 9.59 Å². The standard InChI is InChI=1S/C15H24O3/c1-14(16)12-10-8-6-4-2-3-5-7-9-11-13-15(17)18/h2-5,7,9-13H2,1H3,(H,17,18). The highest BCUT2D eigenvalue weighted by molar-refractivity contribution is 5.75. The molecule has 0 aromatic rings. The number of unbranched alkanes of at least 4 members (excludes halogenated alkanes) is 6. The summed E-state index contributed by atoms with van der Waals surface area (Å²) in [5, 5.41) is 8.45. The van der Waals surface area contributed by atoms with E-state index in [1.165, 1.54) is 0 Å². The fourth-order valence-electron chi connectivity index (χ4n) is 1.61. The van der Waals surface area contributed by atoms with Gasteiger partial charge in [0.2, 0.25) is 0 Å². The zero-order valence-electron chi connectivity index (χ0n) is 11.3. The van der Waals surface area contributed by atoms with Gasteiger partial charge in [0.15, 0.2) is 0 Å². The first-order valence-corrected chi connectivity index (χ1v) is 6.80. The molecule has 18 heavy (non-hydrogen) atoms. The summed E-state index contributed by atoms with van der Waals surface area (Å²) in [6, 6.07) is 0. The van der Waals surface area contributed by atoms with Crippen LogP contribution >= 0.6 is 0 Å². The second kappa shape index (κ2) is 12.2. The minimum atomic E-state index is -0.698. The normalized spacial score (nSPS) is 9.61. The van der Waals surface area contributed by atoms with Crippen LogP contribution in [0.4, 0.5) is 0 Å². The topological polar surface area (TPSA) is 54.4 Å². The first-order valence-electron chi connectivity index (χ1n) is 6.80. The molecule has 1 N–H and O–H groups in total. The third-order valence-electron chi connectivity index (χ3n) is 2.67. The van der Waals surface area contributed by atoms with Gasteiger partial charge in [0, 0.05) is 25.7 Å². The summed E-state index contributed by atoms with van der Waals surface area (Å²) in [5.74, 6) is 5.58. The molecule has 0 atom stereocenters. The summed E-state index contributed by atoms with van der Waals surface area (Å²) in [4.78, 5) is 20.9. The molecule has 0 radical (unpaired) electrons. The minimum absolute atomic E-state index is 0.200. The van der Waals surface area contributed by atoms with Crippen molar-refractivity contribution in [2.45, 2.75) is 71.1 Å². The third kappa shape index (κ3) is 14.7. The zero-order valence-corrected chi connectivity index (χ0v) is 11.3. The monoisotopic (exact) mass is 252 g/mol. The maximum atomic E-state index is 10.6. The average Bonchev–Trinajstić information content (AvgIpc) is 2.29. The highest BCUT2D eigenvalue weighted by Gasteiger charge is 1.96. The number of carboxylic acid groups (broad SMARTS) is 1. The van der Waals surface area contributed by atoms with Crippen molar-refractivity contribution in [1.82, 2.24) is 0 Å². The van der Waals surface area contributed by atoms with Gasteiger partial charge in [0.25, 0.3) is 0 Å². The molecule has 0 fully saturated rings. The van der Waals surface area contributed by atoms with Crippen molar-refractivity contribution < 1.29 is 14.7 Å². The molecule has 0 saturated heterocycles. The first-order chi connectivity index (χ1) is 8.63. The molecule has 0 heterocycles. The summed E-state index contributed by atoms with van der Waals surface area (Å²) in [6.07, 6.45) is 8.80. The molecular weight excluding hydrogens is 228 g/mol. The number of rotatable bonds is 10. The van der Waals surface area contributed by atoms with Crippen molar-refractivity contribution in [2.24, 2.45) is 0 Å². The van der Waals surface area contributed by atoms with Crippen molar-refractivity contribution in [3.05, 3.63) is 0 Å². The fourth-order valence-corrected chi connectivity index (χ4v) is 1.61. The molecule has 0 unspecified atom stereocenters. The lowest BCUT2D eigenvalue weighted by Crippen LogP contribution is -1.93. The number of carbonyl (C=O) groups is 2. The lowest BCUT2D eigenvalue weighted by Gasteiger charge is -1.98. The van der Waals surface area contributed by atoms with Crippen LogP contribution in [-0.2, 0) is 9.59 Å². The van der Waals surface area contributed by atoms with Gasteiger partial charge in [-0.15, -0.1) is 11.8 Å². The number of hydrogen-bond donors (Lipinski definition) is 1. The molecule has 3 nitrogen and oxygen atoms in total. The van der Waals surface area contributed by atoms with Crippen molar-refractivity contribution in [2.75, 3.05) is 0 Å². The van der Waals surface area contributed by atoms with Crippen LogP contribution in [0.2, 0.25) is 0 Å². The molecule has 0 amide bonds. The first kappa shape index (κ1) is 16.7. The number of ketones is 1. The summed E-state index contributed by atoms with van der Waals surface area (Å²) in [6.45, 7) is 1.59. The largest absolute Gasteiger partial charge is 0.481 e. The number of aliphatic carboxylic acids is 1. The van der Waals surface area contributed by atoms with Gasteiger partial charge in [-0.1, -0.05) is 25.7 Å². The van der Waals surface area contributed by atoms with Crippen molar-refractivity contribution in [1.29, 1.82) is 0 Å². The summed E-state index contributed by atoms with van der Waals surface area (Å²) in [7, 11) is 0. The van der Waals surface area contributed by atoms with Crippen LogP contribution in [0.3, 0.4) is 0 Å². The van der Waals surface area contributed by atoms with Crippen LogP contribution in [0.1, 0.15) is 71.1 Å². The lowest BCUT2D eigenvalue weighted by molar-refractivity contribution is -0.137. The summed E-state index contributed by atoms with van der Waals surface area (Å²) < 4.78 is 0. The van der Waals surface area contributed by atoms with Gasteiger partial charge in [0.1, 0.15) is 5.78 Å². The van der Waals surface area contributed by atoms with Crippen LogP contribution in [0, 0.1) is 11.8 Å². The van der Waals surface area contributed by atoms with Gasteiger partial charge in [-0.2, -0.15) is 0 Å². The number of carboxylic acids is 1. The van der Waals surface area contributed by atoms with Gasteiger partial charge >= 0.3 is 5.97 Å². The highest BCUT2D eigenvalue weighted by atomic mass is 16.4.